The van der Waals surface area contributed by atoms with E-state index in [9.17, 15) is 4.57 Å². The van der Waals surface area contributed by atoms with Crippen molar-refractivity contribution in [3.05, 3.63) is 35.9 Å². The molecule has 0 heterocycles. The summed E-state index contributed by atoms with van der Waals surface area (Å²) >= 11 is 0. The van der Waals surface area contributed by atoms with E-state index in [1.165, 1.54) is 25.7 Å². The molecule has 150 valence electrons. The van der Waals surface area contributed by atoms with Gasteiger partial charge in [0.2, 0.25) is 0 Å². The Morgan fingerprint density at radius 3 is 2.35 bits per heavy atom. The molecule has 0 amide bonds. The lowest BCUT2D eigenvalue weighted by Gasteiger charge is -2.26. The lowest BCUT2D eigenvalue weighted by molar-refractivity contribution is -0.0408. The zero-order valence-electron chi connectivity index (χ0n) is 16.3. The minimum Gasteiger partial charge on any atom is -0.356 e. The maximum atomic E-state index is 11.0. The van der Waals surface area contributed by atoms with Crippen LogP contribution < -0.4 is 5.32 Å². The van der Waals surface area contributed by atoms with E-state index in [4.69, 9.17) is 14.5 Å². The fourth-order valence-electron chi connectivity index (χ4n) is 2.98. The van der Waals surface area contributed by atoms with Gasteiger partial charge in [-0.2, -0.15) is 0 Å². The fraction of sp³-hybridized carbons (Fsp3) is 0.700. The summed E-state index contributed by atoms with van der Waals surface area (Å²) < 4.78 is 17.4. The molecule has 0 aliphatic carbocycles. The second kappa shape index (κ2) is 13.5. The number of rotatable bonds is 15. The highest BCUT2D eigenvalue weighted by atomic mass is 31.2. The highest BCUT2D eigenvalue weighted by molar-refractivity contribution is 7.51. The van der Waals surface area contributed by atoms with Gasteiger partial charge >= 0.3 is 7.60 Å². The summed E-state index contributed by atoms with van der Waals surface area (Å²) in [6.07, 6.45) is 8.37. The summed E-state index contributed by atoms with van der Waals surface area (Å²) in [5, 5.41) is 3.33. The van der Waals surface area contributed by atoms with Gasteiger partial charge < -0.3 is 14.5 Å². The first kappa shape index (κ1) is 23.3. The first-order valence-electron chi connectivity index (χ1n) is 9.94. The van der Waals surface area contributed by atoms with Crippen LogP contribution in [0.1, 0.15) is 77.0 Å². The Morgan fingerprint density at radius 2 is 1.73 bits per heavy atom. The van der Waals surface area contributed by atoms with E-state index in [-0.39, 0.29) is 18.5 Å². The molecule has 1 rings (SSSR count). The maximum absolute atomic E-state index is 11.0. The van der Waals surface area contributed by atoms with Crippen LogP contribution >= 0.6 is 7.60 Å². The summed E-state index contributed by atoms with van der Waals surface area (Å²) in [6.45, 7) is 4.90. The molecule has 0 fully saturated rings. The molecule has 3 N–H and O–H groups in total. The minimum absolute atomic E-state index is 0.100. The Balaban J connectivity index is 2.62. The molecule has 2 unspecified atom stereocenters. The molecule has 5 nitrogen and oxygen atoms in total. The van der Waals surface area contributed by atoms with Crippen molar-refractivity contribution in [2.24, 2.45) is 0 Å². The van der Waals surface area contributed by atoms with Gasteiger partial charge in [-0.15, -0.1) is 0 Å². The van der Waals surface area contributed by atoms with E-state index in [1.54, 1.807) is 0 Å². The van der Waals surface area contributed by atoms with Crippen molar-refractivity contribution in [3.63, 3.8) is 0 Å². The lowest BCUT2D eigenvalue weighted by atomic mass is 10.1. The third kappa shape index (κ3) is 11.1. The van der Waals surface area contributed by atoms with E-state index < -0.39 is 7.60 Å². The summed E-state index contributed by atoms with van der Waals surface area (Å²) in [5.41, 5.74) is 1.05. The number of unbranched alkanes of at least 4 members (excludes halogenated alkanes) is 3. The first-order valence-corrected chi connectivity index (χ1v) is 11.7. The van der Waals surface area contributed by atoms with Crippen LogP contribution in [0.5, 0.6) is 0 Å². The molecular formula is C20H36NO4P. The zero-order valence-corrected chi connectivity index (χ0v) is 17.2. The molecule has 0 aliphatic rings. The summed E-state index contributed by atoms with van der Waals surface area (Å²) in [7, 11) is -3.94. The van der Waals surface area contributed by atoms with E-state index in [0.717, 1.165) is 24.8 Å². The van der Waals surface area contributed by atoms with Gasteiger partial charge in [-0.3, -0.25) is 9.88 Å². The number of nitrogens with one attached hydrogen (secondary N) is 1. The normalized spacial score (nSPS) is 14.3. The summed E-state index contributed by atoms with van der Waals surface area (Å²) in [6, 6.07) is 10.0. The molecule has 0 spiro atoms. The van der Waals surface area contributed by atoms with Crippen molar-refractivity contribution < 1.29 is 19.1 Å². The van der Waals surface area contributed by atoms with Crippen molar-refractivity contribution in [2.45, 2.75) is 77.5 Å². The van der Waals surface area contributed by atoms with Crippen LogP contribution in [0, 0.1) is 0 Å². The standard InChI is InChI=1S/C20H36NO4P/c1-3-5-6-10-15-19(12-4-2)25-20(18-13-8-7-9-14-18)21-16-11-17-26(22,23)24/h7-9,13-14,19-21H,3-6,10-12,15-17H2,1-2H3,(H2,22,23,24). The van der Waals surface area contributed by atoms with Gasteiger partial charge in [-0.05, 0) is 31.4 Å². The third-order valence-corrected chi connectivity index (χ3v) is 5.28. The first-order chi connectivity index (χ1) is 12.5. The number of hydrogen-bond donors (Lipinski definition) is 3. The van der Waals surface area contributed by atoms with Gasteiger partial charge in [-0.25, -0.2) is 0 Å². The Kier molecular flexibility index (Phi) is 12.1. The number of ether oxygens (including phenoxy) is 1. The van der Waals surface area contributed by atoms with Gasteiger partial charge in [-0.1, -0.05) is 76.3 Å². The molecule has 2 atom stereocenters. The number of hydrogen-bond acceptors (Lipinski definition) is 3. The zero-order chi connectivity index (χ0) is 19.3. The predicted molar refractivity (Wildman–Crippen MR) is 107 cm³/mol. The molecule has 0 aromatic heterocycles. The van der Waals surface area contributed by atoms with Crippen LogP contribution in [0.2, 0.25) is 0 Å². The highest BCUT2D eigenvalue weighted by Crippen LogP contribution is 2.34. The van der Waals surface area contributed by atoms with E-state index in [0.29, 0.717) is 13.0 Å². The van der Waals surface area contributed by atoms with E-state index in [2.05, 4.69) is 19.2 Å². The highest BCUT2D eigenvalue weighted by Gasteiger charge is 2.18. The molecule has 0 aliphatic heterocycles. The Hall–Kier alpha value is -0.710. The molecule has 6 heteroatoms. The van der Waals surface area contributed by atoms with Gasteiger partial charge in [0, 0.05) is 0 Å². The second-order valence-electron chi connectivity index (χ2n) is 6.88. The Labute approximate surface area is 158 Å². The van der Waals surface area contributed by atoms with Crippen LogP contribution in [-0.4, -0.2) is 28.6 Å². The Morgan fingerprint density at radius 1 is 1.00 bits per heavy atom. The predicted octanol–water partition coefficient (Wildman–Crippen LogP) is 5.00. The molecule has 1 aromatic rings. The van der Waals surface area contributed by atoms with E-state index >= 15 is 0 Å². The number of benzene rings is 1. The van der Waals surface area contributed by atoms with Crippen LogP contribution in [-0.2, 0) is 9.30 Å². The van der Waals surface area contributed by atoms with E-state index in [1.807, 2.05) is 30.3 Å². The van der Waals surface area contributed by atoms with Gasteiger partial charge in [0.25, 0.3) is 0 Å². The van der Waals surface area contributed by atoms with Crippen molar-refractivity contribution in [2.75, 3.05) is 12.7 Å². The van der Waals surface area contributed by atoms with Crippen LogP contribution in [0.25, 0.3) is 0 Å². The SMILES string of the molecule is CCCCCCC(CCC)OC(NCCCP(=O)(O)O)c1ccccc1. The molecule has 0 bridgehead atoms. The van der Waals surface area contributed by atoms with Crippen molar-refractivity contribution in [3.8, 4) is 0 Å². The summed E-state index contributed by atoms with van der Waals surface area (Å²) in [5.74, 6) is 0. The Bertz CT molecular complexity index is 506. The lowest BCUT2D eigenvalue weighted by Crippen LogP contribution is -2.29. The molecule has 0 radical (unpaired) electrons. The third-order valence-electron chi connectivity index (χ3n) is 4.38. The van der Waals surface area contributed by atoms with Crippen LogP contribution in [0.15, 0.2) is 30.3 Å². The smallest absolute Gasteiger partial charge is 0.325 e. The molecule has 26 heavy (non-hydrogen) atoms. The average molecular weight is 385 g/mol. The quantitative estimate of drug-likeness (QED) is 0.225. The topological polar surface area (TPSA) is 78.8 Å². The van der Waals surface area contributed by atoms with Crippen molar-refractivity contribution in [1.29, 1.82) is 0 Å². The molecule has 1 aromatic carbocycles. The maximum Gasteiger partial charge on any atom is 0.325 e. The van der Waals surface area contributed by atoms with Gasteiger partial charge in [0.1, 0.15) is 6.23 Å². The van der Waals surface area contributed by atoms with Crippen LogP contribution in [0.3, 0.4) is 0 Å². The second-order valence-corrected chi connectivity index (χ2v) is 8.66. The molecular weight excluding hydrogens is 349 g/mol. The van der Waals surface area contributed by atoms with Crippen molar-refractivity contribution >= 4 is 7.60 Å². The fourth-order valence-corrected chi connectivity index (χ4v) is 3.55. The van der Waals surface area contributed by atoms with Crippen LogP contribution in [0.4, 0.5) is 0 Å². The largest absolute Gasteiger partial charge is 0.356 e. The average Bonchev–Trinajstić information content (AvgIpc) is 2.61. The van der Waals surface area contributed by atoms with Gasteiger partial charge in [0.05, 0.1) is 12.3 Å². The summed E-state index contributed by atoms with van der Waals surface area (Å²) in [4.78, 5) is 18.0. The monoisotopic (exact) mass is 385 g/mol. The minimum atomic E-state index is -3.94. The molecule has 0 saturated carbocycles. The van der Waals surface area contributed by atoms with Crippen molar-refractivity contribution in [1.82, 2.24) is 5.32 Å². The molecule has 0 saturated heterocycles. The van der Waals surface area contributed by atoms with Gasteiger partial charge in [0.15, 0.2) is 0 Å².